The van der Waals surface area contributed by atoms with Gasteiger partial charge in [0, 0.05) is 0 Å². The summed E-state index contributed by atoms with van der Waals surface area (Å²) in [6.07, 6.45) is 0. The van der Waals surface area contributed by atoms with Gasteiger partial charge in [0.1, 0.15) is 17.2 Å². The number of aromatic nitrogens is 1. The van der Waals surface area contributed by atoms with Crippen molar-refractivity contribution in [2.45, 2.75) is 12.8 Å². The molecular formula is C22H20N2O2S. The SMILES string of the molecule is CC(CN)c1ccc2nc(Oc3ccc(Oc4ccccc4)cc3)sc2c1. The number of hydrogen-bond donors (Lipinski definition) is 1. The van der Waals surface area contributed by atoms with Crippen molar-refractivity contribution in [3.63, 3.8) is 0 Å². The molecule has 0 amide bonds. The molecule has 0 saturated heterocycles. The monoisotopic (exact) mass is 376 g/mol. The third kappa shape index (κ3) is 4.10. The molecule has 4 rings (SSSR count). The number of para-hydroxylation sites is 1. The summed E-state index contributed by atoms with van der Waals surface area (Å²) in [5, 5.41) is 0.624. The van der Waals surface area contributed by atoms with Gasteiger partial charge in [0.2, 0.25) is 0 Å². The minimum absolute atomic E-state index is 0.332. The van der Waals surface area contributed by atoms with Crippen LogP contribution >= 0.6 is 11.3 Å². The summed E-state index contributed by atoms with van der Waals surface area (Å²) in [4.78, 5) is 4.56. The lowest BCUT2D eigenvalue weighted by molar-refractivity contribution is 0.468. The summed E-state index contributed by atoms with van der Waals surface area (Å²) in [6.45, 7) is 2.75. The van der Waals surface area contributed by atoms with E-state index in [9.17, 15) is 0 Å². The zero-order chi connectivity index (χ0) is 18.6. The normalized spacial score (nSPS) is 12.1. The van der Waals surface area contributed by atoms with Crippen LogP contribution in [0.3, 0.4) is 0 Å². The van der Waals surface area contributed by atoms with E-state index in [1.807, 2.05) is 60.7 Å². The first kappa shape index (κ1) is 17.5. The molecule has 0 spiro atoms. The Labute approximate surface area is 162 Å². The number of nitrogens with zero attached hydrogens (tertiary/aromatic N) is 1. The van der Waals surface area contributed by atoms with E-state index in [-0.39, 0.29) is 0 Å². The van der Waals surface area contributed by atoms with Crippen LogP contribution in [0.5, 0.6) is 22.4 Å². The van der Waals surface area contributed by atoms with Crippen LogP contribution in [0, 0.1) is 0 Å². The van der Waals surface area contributed by atoms with Crippen molar-refractivity contribution in [2.75, 3.05) is 6.54 Å². The summed E-state index contributed by atoms with van der Waals surface area (Å²) in [5.74, 6) is 2.63. The van der Waals surface area contributed by atoms with Crippen LogP contribution in [0.1, 0.15) is 18.4 Å². The zero-order valence-corrected chi connectivity index (χ0v) is 15.8. The third-order valence-corrected chi connectivity index (χ3v) is 5.22. The molecule has 1 aromatic heterocycles. The minimum Gasteiger partial charge on any atom is -0.457 e. The number of nitrogens with two attached hydrogens (primary N) is 1. The van der Waals surface area contributed by atoms with Crippen molar-refractivity contribution in [3.05, 3.63) is 78.4 Å². The highest BCUT2D eigenvalue weighted by atomic mass is 32.1. The molecule has 4 aromatic rings. The van der Waals surface area contributed by atoms with E-state index in [1.54, 1.807) is 0 Å². The first-order chi connectivity index (χ1) is 13.2. The summed E-state index contributed by atoms with van der Waals surface area (Å²) in [5.41, 5.74) is 7.93. The topological polar surface area (TPSA) is 57.4 Å². The molecule has 2 N–H and O–H groups in total. The van der Waals surface area contributed by atoms with Gasteiger partial charge >= 0.3 is 0 Å². The largest absolute Gasteiger partial charge is 0.457 e. The van der Waals surface area contributed by atoms with Gasteiger partial charge in [-0.15, -0.1) is 0 Å². The van der Waals surface area contributed by atoms with E-state index in [0.717, 1.165) is 27.5 Å². The quantitative estimate of drug-likeness (QED) is 0.452. The lowest BCUT2D eigenvalue weighted by atomic mass is 10.0. The number of fused-ring (bicyclic) bond motifs is 1. The van der Waals surface area contributed by atoms with E-state index >= 15 is 0 Å². The van der Waals surface area contributed by atoms with Crippen molar-refractivity contribution in [1.82, 2.24) is 4.98 Å². The smallest absolute Gasteiger partial charge is 0.279 e. The fraction of sp³-hybridized carbons (Fsp3) is 0.136. The van der Waals surface area contributed by atoms with Gasteiger partial charge in [0.05, 0.1) is 10.2 Å². The Morgan fingerprint density at radius 3 is 2.26 bits per heavy atom. The third-order valence-electron chi connectivity index (χ3n) is 4.32. The number of benzene rings is 3. The van der Waals surface area contributed by atoms with Crippen molar-refractivity contribution < 1.29 is 9.47 Å². The molecule has 0 fully saturated rings. The molecule has 136 valence electrons. The van der Waals surface area contributed by atoms with E-state index in [0.29, 0.717) is 17.7 Å². The highest BCUT2D eigenvalue weighted by Crippen LogP contribution is 2.33. The van der Waals surface area contributed by atoms with E-state index < -0.39 is 0 Å². The number of ether oxygens (including phenoxy) is 2. The summed E-state index contributed by atoms with van der Waals surface area (Å²) < 4.78 is 12.8. The van der Waals surface area contributed by atoms with Gasteiger partial charge in [-0.25, -0.2) is 4.98 Å². The van der Waals surface area contributed by atoms with Crippen LogP contribution in [-0.4, -0.2) is 11.5 Å². The fourth-order valence-corrected chi connectivity index (χ4v) is 3.59. The maximum atomic E-state index is 5.92. The standard InChI is InChI=1S/C22H20N2O2S/c1-15(14-23)16-7-12-20-21(13-16)27-22(24-20)26-19-10-8-18(9-11-19)25-17-5-3-2-4-6-17/h2-13,15H,14,23H2,1H3. The van der Waals surface area contributed by atoms with Gasteiger partial charge < -0.3 is 15.2 Å². The molecule has 4 nitrogen and oxygen atoms in total. The van der Waals surface area contributed by atoms with Crippen LogP contribution in [0.2, 0.25) is 0 Å². The molecule has 0 radical (unpaired) electrons. The lowest BCUT2D eigenvalue weighted by Crippen LogP contribution is -2.08. The molecule has 0 aliphatic heterocycles. The molecule has 3 aromatic carbocycles. The van der Waals surface area contributed by atoms with E-state index in [4.69, 9.17) is 15.2 Å². The van der Waals surface area contributed by atoms with Crippen LogP contribution < -0.4 is 15.2 Å². The maximum Gasteiger partial charge on any atom is 0.279 e. The Kier molecular flexibility index (Phi) is 5.05. The van der Waals surface area contributed by atoms with Gasteiger partial charge in [-0.3, -0.25) is 0 Å². The van der Waals surface area contributed by atoms with Crippen molar-refractivity contribution in [2.24, 2.45) is 5.73 Å². The number of thiazole rings is 1. The van der Waals surface area contributed by atoms with Gasteiger partial charge in [0.15, 0.2) is 0 Å². The molecule has 27 heavy (non-hydrogen) atoms. The van der Waals surface area contributed by atoms with Crippen LogP contribution in [0.15, 0.2) is 72.8 Å². The van der Waals surface area contributed by atoms with Crippen molar-refractivity contribution in [3.8, 4) is 22.4 Å². The van der Waals surface area contributed by atoms with E-state index in [1.165, 1.54) is 16.9 Å². The van der Waals surface area contributed by atoms with E-state index in [2.05, 4.69) is 24.0 Å². The Hall–Kier alpha value is -2.89. The minimum atomic E-state index is 0.332. The molecule has 0 bridgehead atoms. The second kappa shape index (κ2) is 7.78. The molecule has 0 aliphatic rings. The summed E-state index contributed by atoms with van der Waals surface area (Å²) >= 11 is 1.54. The predicted octanol–water partition coefficient (Wildman–Crippen LogP) is 5.94. The first-order valence-corrected chi connectivity index (χ1v) is 9.64. The Balaban J connectivity index is 1.48. The highest BCUT2D eigenvalue weighted by molar-refractivity contribution is 7.20. The van der Waals surface area contributed by atoms with Crippen molar-refractivity contribution >= 4 is 21.6 Å². The van der Waals surface area contributed by atoms with Gasteiger partial charge in [-0.2, -0.15) is 0 Å². The maximum absolute atomic E-state index is 5.92. The zero-order valence-electron chi connectivity index (χ0n) is 15.0. The van der Waals surface area contributed by atoms with Crippen LogP contribution in [0.4, 0.5) is 0 Å². The lowest BCUT2D eigenvalue weighted by Gasteiger charge is -2.07. The molecular weight excluding hydrogens is 356 g/mol. The Morgan fingerprint density at radius 1 is 0.889 bits per heavy atom. The highest BCUT2D eigenvalue weighted by Gasteiger charge is 2.10. The molecule has 1 unspecified atom stereocenters. The number of rotatable bonds is 6. The second-order valence-electron chi connectivity index (χ2n) is 6.33. The predicted molar refractivity (Wildman–Crippen MR) is 110 cm³/mol. The Bertz CT molecular complexity index is 1030. The first-order valence-electron chi connectivity index (χ1n) is 8.82. The van der Waals surface area contributed by atoms with Crippen LogP contribution in [0.25, 0.3) is 10.2 Å². The second-order valence-corrected chi connectivity index (χ2v) is 7.33. The summed E-state index contributed by atoms with van der Waals surface area (Å²) in [7, 11) is 0. The average Bonchev–Trinajstić information content (AvgIpc) is 3.11. The molecule has 1 heterocycles. The van der Waals surface area contributed by atoms with Crippen LogP contribution in [-0.2, 0) is 0 Å². The van der Waals surface area contributed by atoms with Gasteiger partial charge in [0.25, 0.3) is 5.19 Å². The molecule has 5 heteroatoms. The summed E-state index contributed by atoms with van der Waals surface area (Å²) in [6, 6.07) is 23.5. The average molecular weight is 376 g/mol. The van der Waals surface area contributed by atoms with Crippen molar-refractivity contribution in [1.29, 1.82) is 0 Å². The molecule has 0 saturated carbocycles. The molecule has 0 aliphatic carbocycles. The number of hydrogen-bond acceptors (Lipinski definition) is 5. The van der Waals surface area contributed by atoms with Gasteiger partial charge in [-0.1, -0.05) is 42.5 Å². The fourth-order valence-electron chi connectivity index (χ4n) is 2.71. The van der Waals surface area contributed by atoms with Gasteiger partial charge in [-0.05, 0) is 66.6 Å². The Morgan fingerprint density at radius 2 is 1.56 bits per heavy atom. The molecule has 1 atom stereocenters.